The van der Waals surface area contributed by atoms with Crippen LogP contribution in [0.25, 0.3) is 0 Å². The zero-order valence-electron chi connectivity index (χ0n) is 9.60. The highest BCUT2D eigenvalue weighted by Crippen LogP contribution is 2.26. The monoisotopic (exact) mass is 221 g/mol. The summed E-state index contributed by atoms with van der Waals surface area (Å²) < 4.78 is 5.77. The molecule has 1 aromatic carbocycles. The fourth-order valence-electron chi connectivity index (χ4n) is 2.09. The number of hydrogen-bond acceptors (Lipinski definition) is 3. The third kappa shape index (κ3) is 2.54. The van der Waals surface area contributed by atoms with Gasteiger partial charge < -0.3 is 15.6 Å². The second-order valence-electron chi connectivity index (χ2n) is 4.52. The van der Waals surface area contributed by atoms with Crippen molar-refractivity contribution in [3.63, 3.8) is 0 Å². The van der Waals surface area contributed by atoms with E-state index in [0.29, 0.717) is 0 Å². The van der Waals surface area contributed by atoms with E-state index in [-0.39, 0.29) is 18.2 Å². The molecule has 0 amide bonds. The van der Waals surface area contributed by atoms with Gasteiger partial charge in [0.2, 0.25) is 0 Å². The van der Waals surface area contributed by atoms with Crippen LogP contribution in [0.5, 0.6) is 5.75 Å². The molecule has 0 spiro atoms. The Bertz CT molecular complexity index is 352. The van der Waals surface area contributed by atoms with Gasteiger partial charge in [0.15, 0.2) is 0 Å². The molecule has 0 aliphatic heterocycles. The Balaban J connectivity index is 2.06. The average molecular weight is 221 g/mol. The van der Waals surface area contributed by atoms with Gasteiger partial charge in [0.1, 0.15) is 11.9 Å². The van der Waals surface area contributed by atoms with Gasteiger partial charge in [0, 0.05) is 6.04 Å². The minimum atomic E-state index is -0.320. The molecule has 1 saturated carbocycles. The van der Waals surface area contributed by atoms with Gasteiger partial charge in [-0.15, -0.1) is 0 Å². The fraction of sp³-hybridized carbons (Fsp3) is 0.538. The molecule has 3 N–H and O–H groups in total. The molecule has 88 valence electrons. The molecule has 2 rings (SSSR count). The van der Waals surface area contributed by atoms with Crippen LogP contribution in [0, 0.1) is 0 Å². The summed E-state index contributed by atoms with van der Waals surface area (Å²) in [7, 11) is 0. The lowest BCUT2D eigenvalue weighted by Crippen LogP contribution is -2.25. The summed E-state index contributed by atoms with van der Waals surface area (Å²) in [6, 6.07) is 7.81. The second-order valence-corrected chi connectivity index (χ2v) is 4.52. The number of rotatable bonds is 3. The van der Waals surface area contributed by atoms with Crippen LogP contribution in [0.2, 0.25) is 0 Å². The number of hydrogen-bond donors (Lipinski definition) is 2. The molecular weight excluding hydrogens is 202 g/mol. The summed E-state index contributed by atoms with van der Waals surface area (Å²) in [5.74, 6) is 0.806. The number of benzene rings is 1. The van der Waals surface area contributed by atoms with E-state index in [0.717, 1.165) is 30.6 Å². The lowest BCUT2D eigenvalue weighted by atomic mass is 10.1. The molecule has 3 heteroatoms. The number of aliphatic hydroxyl groups excluding tert-OH is 1. The first kappa shape index (κ1) is 11.4. The zero-order chi connectivity index (χ0) is 11.5. The van der Waals surface area contributed by atoms with Crippen molar-refractivity contribution < 1.29 is 9.84 Å². The number of nitrogens with two attached hydrogens (primary N) is 1. The lowest BCUT2D eigenvalue weighted by Gasteiger charge is -2.18. The highest BCUT2D eigenvalue weighted by molar-refractivity contribution is 5.30. The summed E-state index contributed by atoms with van der Waals surface area (Å²) in [6.07, 6.45) is 2.45. The molecule has 0 bridgehead atoms. The van der Waals surface area contributed by atoms with E-state index in [2.05, 4.69) is 0 Å². The Hall–Kier alpha value is -1.06. The predicted molar refractivity (Wildman–Crippen MR) is 63.3 cm³/mol. The van der Waals surface area contributed by atoms with Gasteiger partial charge in [0.05, 0.1) is 6.10 Å². The van der Waals surface area contributed by atoms with Crippen molar-refractivity contribution in [1.82, 2.24) is 0 Å². The fourth-order valence-corrected chi connectivity index (χ4v) is 2.09. The first-order valence-electron chi connectivity index (χ1n) is 5.87. The second kappa shape index (κ2) is 4.85. The summed E-state index contributed by atoms with van der Waals surface area (Å²) in [5.41, 5.74) is 6.87. The summed E-state index contributed by atoms with van der Waals surface area (Å²) in [5, 5.41) is 9.68. The molecule has 0 saturated heterocycles. The van der Waals surface area contributed by atoms with E-state index in [1.54, 1.807) is 0 Å². The Labute approximate surface area is 96.2 Å². The van der Waals surface area contributed by atoms with Crippen molar-refractivity contribution >= 4 is 0 Å². The molecule has 3 atom stereocenters. The van der Waals surface area contributed by atoms with Crippen molar-refractivity contribution in [2.45, 2.75) is 44.4 Å². The molecule has 0 heterocycles. The molecule has 1 aromatic rings. The van der Waals surface area contributed by atoms with Crippen molar-refractivity contribution in [2.24, 2.45) is 5.73 Å². The average Bonchev–Trinajstić information content (AvgIpc) is 2.65. The van der Waals surface area contributed by atoms with E-state index in [1.807, 2.05) is 31.2 Å². The Morgan fingerprint density at radius 3 is 2.88 bits per heavy atom. The highest BCUT2D eigenvalue weighted by Gasteiger charge is 2.26. The highest BCUT2D eigenvalue weighted by atomic mass is 16.5. The molecule has 0 radical (unpaired) electrons. The molecule has 1 aliphatic carbocycles. The largest absolute Gasteiger partial charge is 0.488 e. The minimum absolute atomic E-state index is 0.0112. The first-order valence-corrected chi connectivity index (χ1v) is 5.87. The van der Waals surface area contributed by atoms with Crippen LogP contribution >= 0.6 is 0 Å². The normalized spacial score (nSPS) is 26.7. The van der Waals surface area contributed by atoms with Gasteiger partial charge in [-0.1, -0.05) is 12.1 Å². The smallest absolute Gasteiger partial charge is 0.124 e. The van der Waals surface area contributed by atoms with Gasteiger partial charge in [-0.25, -0.2) is 0 Å². The third-order valence-electron chi connectivity index (χ3n) is 3.09. The first-order chi connectivity index (χ1) is 7.66. The van der Waals surface area contributed by atoms with Gasteiger partial charge in [-0.3, -0.25) is 0 Å². The van der Waals surface area contributed by atoms with Crippen molar-refractivity contribution in [1.29, 1.82) is 0 Å². The van der Waals surface area contributed by atoms with Crippen molar-refractivity contribution in [2.75, 3.05) is 0 Å². The quantitative estimate of drug-likeness (QED) is 0.820. The van der Waals surface area contributed by atoms with Crippen LogP contribution in [0.4, 0.5) is 0 Å². The number of aliphatic hydroxyl groups is 1. The predicted octanol–water partition coefficient (Wildman–Crippen LogP) is 2.00. The van der Waals surface area contributed by atoms with E-state index >= 15 is 0 Å². The molecule has 3 nitrogen and oxygen atoms in total. The third-order valence-corrected chi connectivity index (χ3v) is 3.09. The summed E-state index contributed by atoms with van der Waals surface area (Å²) in [6.45, 7) is 1.95. The summed E-state index contributed by atoms with van der Waals surface area (Å²) >= 11 is 0. The Morgan fingerprint density at radius 2 is 2.25 bits per heavy atom. The standard InChI is InChI=1S/C13H19NO2/c1-9(14)10-4-2-5-11(8-10)16-13-7-3-6-12(13)15/h2,4-5,8-9,12-13,15H,3,6-7,14H2,1H3/t9-,12?,13?/m0/s1. The summed E-state index contributed by atoms with van der Waals surface area (Å²) in [4.78, 5) is 0. The molecule has 0 aromatic heterocycles. The van der Waals surface area contributed by atoms with E-state index < -0.39 is 0 Å². The van der Waals surface area contributed by atoms with Crippen LogP contribution in [-0.4, -0.2) is 17.3 Å². The Kier molecular flexibility index (Phi) is 3.46. The van der Waals surface area contributed by atoms with Crippen LogP contribution in [0.15, 0.2) is 24.3 Å². The van der Waals surface area contributed by atoms with E-state index in [9.17, 15) is 5.11 Å². The van der Waals surface area contributed by atoms with Crippen LogP contribution in [0.1, 0.15) is 37.8 Å². The van der Waals surface area contributed by atoms with E-state index in [4.69, 9.17) is 10.5 Å². The van der Waals surface area contributed by atoms with Crippen molar-refractivity contribution in [3.05, 3.63) is 29.8 Å². The molecular formula is C13H19NO2. The van der Waals surface area contributed by atoms with Crippen LogP contribution < -0.4 is 10.5 Å². The maximum Gasteiger partial charge on any atom is 0.124 e. The van der Waals surface area contributed by atoms with Gasteiger partial charge >= 0.3 is 0 Å². The van der Waals surface area contributed by atoms with E-state index in [1.165, 1.54) is 0 Å². The van der Waals surface area contributed by atoms with Gasteiger partial charge in [0.25, 0.3) is 0 Å². The lowest BCUT2D eigenvalue weighted by molar-refractivity contribution is 0.0603. The molecule has 1 fully saturated rings. The maximum atomic E-state index is 9.68. The van der Waals surface area contributed by atoms with Crippen LogP contribution in [-0.2, 0) is 0 Å². The maximum absolute atomic E-state index is 9.68. The minimum Gasteiger partial charge on any atom is -0.488 e. The topological polar surface area (TPSA) is 55.5 Å². The van der Waals surface area contributed by atoms with Crippen LogP contribution in [0.3, 0.4) is 0 Å². The molecule has 16 heavy (non-hydrogen) atoms. The SMILES string of the molecule is C[C@H](N)c1cccc(OC2CCCC2O)c1. The van der Waals surface area contributed by atoms with Gasteiger partial charge in [-0.2, -0.15) is 0 Å². The molecule has 1 aliphatic rings. The van der Waals surface area contributed by atoms with Gasteiger partial charge in [-0.05, 0) is 43.9 Å². The van der Waals surface area contributed by atoms with Crippen molar-refractivity contribution in [3.8, 4) is 5.75 Å². The zero-order valence-corrected chi connectivity index (χ0v) is 9.60. The number of ether oxygens (including phenoxy) is 1. The molecule has 2 unspecified atom stereocenters. The Morgan fingerprint density at radius 1 is 1.44 bits per heavy atom.